The fourth-order valence-electron chi connectivity index (χ4n) is 0.997. The third-order valence-corrected chi connectivity index (χ3v) is 1.54. The lowest BCUT2D eigenvalue weighted by molar-refractivity contribution is -0.140. The monoisotopic (exact) mass is 192 g/mol. The van der Waals surface area contributed by atoms with Gasteiger partial charge in [-0.25, -0.2) is 4.98 Å². The SMILES string of the molecule is CC(C)Cc1ncc(C(F)(F)F)[nH]1. The predicted octanol–water partition coefficient (Wildman–Crippen LogP) is 2.63. The number of aromatic nitrogens is 2. The lowest BCUT2D eigenvalue weighted by Crippen LogP contribution is -2.05. The van der Waals surface area contributed by atoms with Gasteiger partial charge < -0.3 is 4.98 Å². The molecule has 0 aliphatic heterocycles. The summed E-state index contributed by atoms with van der Waals surface area (Å²) < 4.78 is 36.2. The summed E-state index contributed by atoms with van der Waals surface area (Å²) in [7, 11) is 0. The van der Waals surface area contributed by atoms with Crippen LogP contribution in [0.25, 0.3) is 0 Å². The molecule has 0 aromatic carbocycles. The van der Waals surface area contributed by atoms with Crippen LogP contribution in [-0.4, -0.2) is 9.97 Å². The number of alkyl halides is 3. The minimum Gasteiger partial charge on any atom is -0.338 e. The van der Waals surface area contributed by atoms with Gasteiger partial charge in [-0.05, 0) is 5.92 Å². The maximum Gasteiger partial charge on any atom is 0.432 e. The highest BCUT2D eigenvalue weighted by molar-refractivity contribution is 5.05. The van der Waals surface area contributed by atoms with Crippen molar-refractivity contribution in [3.8, 4) is 0 Å². The fourth-order valence-corrected chi connectivity index (χ4v) is 0.997. The molecule has 13 heavy (non-hydrogen) atoms. The first-order chi connectivity index (χ1) is 5.89. The third kappa shape index (κ3) is 2.75. The zero-order chi connectivity index (χ0) is 10.1. The van der Waals surface area contributed by atoms with Crippen molar-refractivity contribution in [3.05, 3.63) is 17.7 Å². The molecule has 0 aliphatic rings. The topological polar surface area (TPSA) is 28.7 Å². The van der Waals surface area contributed by atoms with E-state index in [0.717, 1.165) is 6.20 Å². The lowest BCUT2D eigenvalue weighted by atomic mass is 10.1. The standard InChI is InChI=1S/C8H11F3N2/c1-5(2)3-7-12-4-6(13-7)8(9,10)11/h4-5H,3H2,1-2H3,(H,12,13). The average Bonchev–Trinajstić information content (AvgIpc) is 2.32. The molecule has 1 rings (SSSR count). The van der Waals surface area contributed by atoms with Crippen molar-refractivity contribution < 1.29 is 13.2 Å². The molecule has 0 atom stereocenters. The van der Waals surface area contributed by atoms with Gasteiger partial charge >= 0.3 is 6.18 Å². The van der Waals surface area contributed by atoms with Crippen LogP contribution in [0.2, 0.25) is 0 Å². The molecule has 1 heterocycles. The van der Waals surface area contributed by atoms with Crippen molar-refractivity contribution in [2.45, 2.75) is 26.4 Å². The van der Waals surface area contributed by atoms with E-state index in [0.29, 0.717) is 18.2 Å². The number of hydrogen-bond acceptors (Lipinski definition) is 1. The summed E-state index contributed by atoms with van der Waals surface area (Å²) in [5, 5.41) is 0. The van der Waals surface area contributed by atoms with Crippen LogP contribution in [0.3, 0.4) is 0 Å². The van der Waals surface area contributed by atoms with E-state index in [9.17, 15) is 13.2 Å². The van der Waals surface area contributed by atoms with Gasteiger partial charge in [-0.2, -0.15) is 13.2 Å². The first-order valence-electron chi connectivity index (χ1n) is 4.00. The van der Waals surface area contributed by atoms with Crippen LogP contribution in [0.15, 0.2) is 6.20 Å². The summed E-state index contributed by atoms with van der Waals surface area (Å²) in [4.78, 5) is 5.90. The molecule has 0 saturated carbocycles. The Kier molecular flexibility index (Phi) is 2.63. The predicted molar refractivity (Wildman–Crippen MR) is 42.1 cm³/mol. The summed E-state index contributed by atoms with van der Waals surface area (Å²) in [6, 6.07) is 0. The molecule has 0 spiro atoms. The van der Waals surface area contributed by atoms with Gasteiger partial charge in [0, 0.05) is 6.42 Å². The van der Waals surface area contributed by atoms with E-state index < -0.39 is 11.9 Å². The molecule has 1 aromatic heterocycles. The lowest BCUT2D eigenvalue weighted by Gasteiger charge is -2.02. The molecule has 1 N–H and O–H groups in total. The number of nitrogens with one attached hydrogen (secondary N) is 1. The molecule has 0 bridgehead atoms. The molecule has 0 unspecified atom stereocenters. The third-order valence-electron chi connectivity index (χ3n) is 1.54. The molecule has 0 aliphatic carbocycles. The largest absolute Gasteiger partial charge is 0.432 e. The zero-order valence-corrected chi connectivity index (χ0v) is 7.44. The first kappa shape index (κ1) is 10.1. The summed E-state index contributed by atoms with van der Waals surface area (Å²) >= 11 is 0. The number of H-pyrrole nitrogens is 1. The minimum atomic E-state index is -4.32. The van der Waals surface area contributed by atoms with Gasteiger partial charge in [0.1, 0.15) is 11.5 Å². The Morgan fingerprint density at radius 3 is 2.46 bits per heavy atom. The average molecular weight is 192 g/mol. The highest BCUT2D eigenvalue weighted by Crippen LogP contribution is 2.27. The van der Waals surface area contributed by atoms with Crippen molar-refractivity contribution in [2.75, 3.05) is 0 Å². The van der Waals surface area contributed by atoms with Crippen molar-refractivity contribution in [1.29, 1.82) is 0 Å². The number of imidazole rings is 1. The second-order valence-electron chi connectivity index (χ2n) is 3.34. The van der Waals surface area contributed by atoms with E-state index in [1.807, 2.05) is 13.8 Å². The van der Waals surface area contributed by atoms with Crippen LogP contribution in [0.1, 0.15) is 25.4 Å². The number of hydrogen-bond donors (Lipinski definition) is 1. The Hall–Kier alpha value is -1.00. The molecule has 0 amide bonds. The van der Waals surface area contributed by atoms with Gasteiger partial charge in [-0.1, -0.05) is 13.8 Å². The number of aromatic amines is 1. The zero-order valence-electron chi connectivity index (χ0n) is 7.44. The van der Waals surface area contributed by atoms with Gasteiger partial charge in [0.25, 0.3) is 0 Å². The van der Waals surface area contributed by atoms with E-state index >= 15 is 0 Å². The highest BCUT2D eigenvalue weighted by Gasteiger charge is 2.32. The van der Waals surface area contributed by atoms with E-state index in [1.54, 1.807) is 0 Å². The van der Waals surface area contributed by atoms with Crippen LogP contribution < -0.4 is 0 Å². The van der Waals surface area contributed by atoms with Crippen molar-refractivity contribution in [1.82, 2.24) is 9.97 Å². The summed E-state index contributed by atoms with van der Waals surface area (Å²) in [5.41, 5.74) is -0.775. The molecule has 0 fully saturated rings. The molecule has 5 heteroatoms. The van der Waals surface area contributed by atoms with Crippen LogP contribution in [0.5, 0.6) is 0 Å². The summed E-state index contributed by atoms with van der Waals surface area (Å²) in [6.45, 7) is 3.85. The minimum absolute atomic E-state index is 0.298. The van der Waals surface area contributed by atoms with E-state index in [2.05, 4.69) is 9.97 Å². The van der Waals surface area contributed by atoms with Crippen LogP contribution in [0, 0.1) is 5.92 Å². The molecule has 2 nitrogen and oxygen atoms in total. The van der Waals surface area contributed by atoms with Gasteiger partial charge in [0.15, 0.2) is 0 Å². The van der Waals surface area contributed by atoms with Crippen molar-refractivity contribution in [2.24, 2.45) is 5.92 Å². The maximum atomic E-state index is 12.1. The summed E-state index contributed by atoms with van der Waals surface area (Å²) in [6.07, 6.45) is -2.95. The van der Waals surface area contributed by atoms with Gasteiger partial charge in [-0.3, -0.25) is 0 Å². The highest BCUT2D eigenvalue weighted by atomic mass is 19.4. The Morgan fingerprint density at radius 2 is 2.08 bits per heavy atom. The Labute approximate surface area is 74.2 Å². The summed E-state index contributed by atoms with van der Waals surface area (Å²) in [5.74, 6) is 0.689. The Balaban J connectivity index is 2.75. The second kappa shape index (κ2) is 3.40. The number of halogens is 3. The molecule has 1 aromatic rings. The number of nitrogens with zero attached hydrogens (tertiary/aromatic N) is 1. The molecular formula is C8H11F3N2. The normalized spacial score (nSPS) is 12.5. The van der Waals surface area contributed by atoms with Crippen molar-refractivity contribution in [3.63, 3.8) is 0 Å². The second-order valence-corrected chi connectivity index (χ2v) is 3.34. The van der Waals surface area contributed by atoms with E-state index in [4.69, 9.17) is 0 Å². The van der Waals surface area contributed by atoms with Crippen molar-refractivity contribution >= 4 is 0 Å². The molecular weight excluding hydrogens is 181 g/mol. The van der Waals surface area contributed by atoms with E-state index in [1.165, 1.54) is 0 Å². The van der Waals surface area contributed by atoms with Gasteiger partial charge in [0.05, 0.1) is 6.20 Å². The fraction of sp³-hybridized carbons (Fsp3) is 0.625. The van der Waals surface area contributed by atoms with E-state index in [-0.39, 0.29) is 0 Å². The quantitative estimate of drug-likeness (QED) is 0.766. The van der Waals surface area contributed by atoms with Gasteiger partial charge in [-0.15, -0.1) is 0 Å². The number of rotatable bonds is 2. The maximum absolute atomic E-state index is 12.1. The van der Waals surface area contributed by atoms with Crippen LogP contribution in [0.4, 0.5) is 13.2 Å². The Bertz CT molecular complexity index is 275. The molecule has 0 radical (unpaired) electrons. The smallest absolute Gasteiger partial charge is 0.338 e. The van der Waals surface area contributed by atoms with Gasteiger partial charge in [0.2, 0.25) is 0 Å². The molecule has 74 valence electrons. The van der Waals surface area contributed by atoms with Crippen LogP contribution >= 0.6 is 0 Å². The van der Waals surface area contributed by atoms with Crippen LogP contribution in [-0.2, 0) is 12.6 Å². The Morgan fingerprint density at radius 1 is 1.46 bits per heavy atom. The first-order valence-corrected chi connectivity index (χ1v) is 4.00. The molecule has 0 saturated heterocycles.